The van der Waals surface area contributed by atoms with E-state index < -0.39 is 0 Å². The molecule has 0 saturated carbocycles. The molecule has 3 aromatic rings. The van der Waals surface area contributed by atoms with Crippen molar-refractivity contribution in [2.45, 2.75) is 0 Å². The molecule has 1 aliphatic heterocycles. The largest absolute Gasteiger partial charge is 0.342 e. The number of hydrogen-bond acceptors (Lipinski definition) is 5. The summed E-state index contributed by atoms with van der Waals surface area (Å²) in [6.45, 7) is 1.09. The molecule has 0 aliphatic carbocycles. The lowest BCUT2D eigenvalue weighted by atomic mass is 10.1. The highest BCUT2D eigenvalue weighted by Crippen LogP contribution is 2.20. The molecular formula is C23H22ClN6O3+. The third kappa shape index (κ3) is 4.84. The van der Waals surface area contributed by atoms with Crippen molar-refractivity contribution >= 4 is 45.7 Å². The van der Waals surface area contributed by atoms with Gasteiger partial charge >= 0.3 is 0 Å². The van der Waals surface area contributed by atoms with Crippen LogP contribution < -0.4 is 10.9 Å². The zero-order valence-corrected chi connectivity index (χ0v) is 18.6. The van der Waals surface area contributed by atoms with E-state index in [-0.39, 0.29) is 35.2 Å². The number of nitrogens with two attached hydrogens (primary N) is 1. The van der Waals surface area contributed by atoms with Gasteiger partial charge < -0.3 is 14.8 Å². The molecule has 33 heavy (non-hydrogen) atoms. The number of pyridine rings is 1. The van der Waals surface area contributed by atoms with E-state index in [1.807, 2.05) is 0 Å². The first kappa shape index (κ1) is 22.4. The third-order valence-corrected chi connectivity index (χ3v) is 5.77. The highest BCUT2D eigenvalue weighted by atomic mass is 35.5. The van der Waals surface area contributed by atoms with E-state index in [4.69, 9.17) is 17.1 Å². The standard InChI is InChI=1S/C23H21ClN6O3/c1-29-8-9-30(13-21(29)31)23(33)14-2-5-17(6-3-14)26-12-20(28-25)18-11-15-10-16(24)4-7-19(15)27-22(18)32/h2-7,10-12,25-26H,8-9,13H2,1H3,(H,27,32)/p+1. The molecule has 2 heterocycles. The fourth-order valence-corrected chi connectivity index (χ4v) is 3.76. The summed E-state index contributed by atoms with van der Waals surface area (Å²) in [5, 5.41) is 6.50. The minimum Gasteiger partial charge on any atom is -0.342 e. The normalized spacial score (nSPS) is 14.6. The van der Waals surface area contributed by atoms with E-state index in [2.05, 4.69) is 10.1 Å². The van der Waals surface area contributed by atoms with E-state index in [1.54, 1.807) is 72.0 Å². The average Bonchev–Trinajstić information content (AvgIpc) is 2.81. The molecule has 2 aromatic carbocycles. The summed E-state index contributed by atoms with van der Waals surface area (Å²) in [5.41, 5.74) is 9.50. The first-order valence-electron chi connectivity index (χ1n) is 10.2. The van der Waals surface area contributed by atoms with Crippen LogP contribution in [0.25, 0.3) is 16.6 Å². The zero-order valence-electron chi connectivity index (χ0n) is 17.8. The Hall–Kier alpha value is -3.82. The predicted octanol–water partition coefficient (Wildman–Crippen LogP) is 2.32. The number of aromatic amines is 1. The van der Waals surface area contributed by atoms with Gasteiger partial charge in [-0.25, -0.2) is 5.53 Å². The Kier molecular flexibility index (Phi) is 6.34. The number of piperazine rings is 1. The number of amides is 2. The van der Waals surface area contributed by atoms with Crippen LogP contribution in [0.2, 0.25) is 5.02 Å². The Labute approximate surface area is 194 Å². The van der Waals surface area contributed by atoms with Crippen LogP contribution in [0.5, 0.6) is 0 Å². The smallest absolute Gasteiger partial charge is 0.258 e. The van der Waals surface area contributed by atoms with Crippen LogP contribution in [0.1, 0.15) is 15.9 Å². The lowest BCUT2D eigenvalue weighted by Crippen LogP contribution is -2.71. The molecule has 1 aliphatic rings. The van der Waals surface area contributed by atoms with Crippen molar-refractivity contribution in [3.8, 4) is 0 Å². The molecule has 1 saturated heterocycles. The van der Waals surface area contributed by atoms with Gasteiger partial charge in [0, 0.05) is 53.8 Å². The fraction of sp³-hybridized carbons (Fsp3) is 0.174. The molecule has 168 valence electrons. The van der Waals surface area contributed by atoms with Gasteiger partial charge in [-0.3, -0.25) is 19.7 Å². The Morgan fingerprint density at radius 1 is 1.15 bits per heavy atom. The second kappa shape index (κ2) is 9.35. The maximum atomic E-state index is 12.7. The number of benzene rings is 2. The third-order valence-electron chi connectivity index (χ3n) is 5.54. The number of nitrogens with one attached hydrogen (secondary N) is 2. The molecule has 1 aromatic heterocycles. The van der Waals surface area contributed by atoms with E-state index in [0.29, 0.717) is 29.2 Å². The quantitative estimate of drug-likeness (QED) is 0.395. The first-order chi connectivity index (χ1) is 15.9. The Morgan fingerprint density at radius 3 is 2.61 bits per heavy atom. The maximum Gasteiger partial charge on any atom is 0.258 e. The van der Waals surface area contributed by atoms with E-state index in [1.165, 1.54) is 4.90 Å². The fourth-order valence-electron chi connectivity index (χ4n) is 3.58. The number of rotatable bonds is 5. The van der Waals surface area contributed by atoms with Gasteiger partial charge in [0.1, 0.15) is 18.4 Å². The molecule has 0 atom stereocenters. The summed E-state index contributed by atoms with van der Waals surface area (Å²) in [4.78, 5) is 43.0. The van der Waals surface area contributed by atoms with Gasteiger partial charge in [0.25, 0.3) is 11.5 Å². The van der Waals surface area contributed by atoms with Crippen LogP contribution in [-0.2, 0) is 4.79 Å². The average molecular weight is 466 g/mol. The number of nitrogens with zero attached hydrogens (tertiary/aromatic N) is 3. The molecule has 9 nitrogen and oxygen atoms in total. The van der Waals surface area contributed by atoms with Crippen molar-refractivity contribution in [2.75, 3.05) is 26.7 Å². The molecule has 10 heteroatoms. The number of carbonyl (C=O) groups excluding carboxylic acids is 2. The number of quaternary nitrogens is 1. The monoisotopic (exact) mass is 465 g/mol. The van der Waals surface area contributed by atoms with Crippen LogP contribution in [0, 0.1) is 5.53 Å². The van der Waals surface area contributed by atoms with Crippen molar-refractivity contribution in [2.24, 2.45) is 5.11 Å². The Bertz CT molecular complexity index is 1330. The van der Waals surface area contributed by atoms with Crippen LogP contribution >= 0.6 is 11.6 Å². The minimum absolute atomic E-state index is 0.0752. The summed E-state index contributed by atoms with van der Waals surface area (Å²) >= 11 is 6.04. The maximum absolute atomic E-state index is 12.7. The molecule has 0 radical (unpaired) electrons. The number of aromatic nitrogens is 1. The highest BCUT2D eigenvalue weighted by molar-refractivity contribution is 6.31. The summed E-state index contributed by atoms with van der Waals surface area (Å²) in [6, 6.07) is 13.7. The van der Waals surface area contributed by atoms with Gasteiger partial charge in [0.05, 0.1) is 5.56 Å². The molecule has 0 bridgehead atoms. The second-order valence-corrected chi connectivity index (χ2v) is 8.17. The van der Waals surface area contributed by atoms with Gasteiger partial charge in [-0.15, -0.1) is 0 Å². The van der Waals surface area contributed by atoms with Gasteiger partial charge in [0.15, 0.2) is 5.70 Å². The summed E-state index contributed by atoms with van der Waals surface area (Å²) in [7, 11) is 1.72. The van der Waals surface area contributed by atoms with Gasteiger partial charge in [-0.2, -0.15) is 5.11 Å². The summed E-state index contributed by atoms with van der Waals surface area (Å²) in [6.07, 6.45) is 1.57. The van der Waals surface area contributed by atoms with E-state index in [0.717, 1.165) is 11.1 Å². The lowest BCUT2D eigenvalue weighted by molar-refractivity contribution is -0.495. The van der Waals surface area contributed by atoms with Gasteiger partial charge in [-0.1, -0.05) is 11.6 Å². The number of hydrogen-bond donors (Lipinski definition) is 3. The highest BCUT2D eigenvalue weighted by Gasteiger charge is 2.25. The number of halogens is 1. The molecule has 1 fully saturated rings. The van der Waals surface area contributed by atoms with E-state index in [9.17, 15) is 14.4 Å². The van der Waals surface area contributed by atoms with Crippen molar-refractivity contribution in [1.82, 2.24) is 14.8 Å². The molecular weight excluding hydrogens is 444 g/mol. The van der Waals surface area contributed by atoms with Crippen molar-refractivity contribution in [1.29, 1.82) is 5.53 Å². The van der Waals surface area contributed by atoms with Crippen LogP contribution in [0.15, 0.2) is 64.6 Å². The number of likely N-dealkylation sites (N-methyl/N-ethyl adjacent to an activating group) is 1. The second-order valence-electron chi connectivity index (χ2n) is 7.74. The van der Waals surface area contributed by atoms with Crippen molar-refractivity contribution < 1.29 is 14.9 Å². The minimum atomic E-state index is -0.358. The van der Waals surface area contributed by atoms with Crippen LogP contribution in [-0.4, -0.2) is 53.3 Å². The van der Waals surface area contributed by atoms with Crippen LogP contribution in [0.3, 0.4) is 0 Å². The lowest BCUT2D eigenvalue weighted by Gasteiger charge is -2.32. The number of H-pyrrole nitrogens is 1. The first-order valence-corrected chi connectivity index (χ1v) is 10.6. The molecule has 2 amide bonds. The molecule has 4 N–H and O–H groups in total. The van der Waals surface area contributed by atoms with E-state index >= 15 is 0 Å². The Balaban J connectivity index is 1.51. The summed E-state index contributed by atoms with van der Waals surface area (Å²) in [5.74, 6) is -0.274. The molecule has 0 spiro atoms. The van der Waals surface area contributed by atoms with Crippen molar-refractivity contribution in [3.05, 3.63) is 81.2 Å². The summed E-state index contributed by atoms with van der Waals surface area (Å²) < 4.78 is 0. The Morgan fingerprint density at radius 2 is 1.91 bits per heavy atom. The number of carbonyl (C=O) groups is 2. The van der Waals surface area contributed by atoms with Crippen LogP contribution in [0.4, 0.5) is 5.69 Å². The van der Waals surface area contributed by atoms with Gasteiger partial charge in [0.2, 0.25) is 5.91 Å². The van der Waals surface area contributed by atoms with Gasteiger partial charge in [-0.05, 0) is 36.4 Å². The number of fused-ring (bicyclic) bond motifs is 1. The molecule has 0 unspecified atom stereocenters. The zero-order chi connectivity index (χ0) is 23.5. The SMILES string of the molecule is CN1CCN(C(=O)c2ccc([NH2+]C=C(N=N)c3cc4cc(Cl)ccc4[nH]c3=O)cc2)CC1=O. The van der Waals surface area contributed by atoms with Crippen molar-refractivity contribution in [3.63, 3.8) is 0 Å². The topological polar surface area (TPSA) is 126 Å². The predicted molar refractivity (Wildman–Crippen MR) is 124 cm³/mol. The molecule has 4 rings (SSSR count).